The number of benzene rings is 1. The SMILES string of the molecule is COC(=O)[C@@H](NC=O)[C@](O)(Cc1ccccc1)C(F)(F)F. The van der Waals surface area contributed by atoms with E-state index in [2.05, 4.69) is 4.74 Å². The summed E-state index contributed by atoms with van der Waals surface area (Å²) in [5, 5.41) is 11.7. The molecule has 2 N–H and O–H groups in total. The molecular weight excluding hydrogens is 291 g/mol. The second-order valence-corrected chi connectivity index (χ2v) is 4.33. The van der Waals surface area contributed by atoms with Gasteiger partial charge in [0.1, 0.15) is 0 Å². The number of rotatable bonds is 6. The first kappa shape index (κ1) is 17.0. The van der Waals surface area contributed by atoms with Crippen molar-refractivity contribution in [2.75, 3.05) is 7.11 Å². The van der Waals surface area contributed by atoms with Gasteiger partial charge in [-0.1, -0.05) is 30.3 Å². The van der Waals surface area contributed by atoms with Crippen LogP contribution in [-0.4, -0.2) is 42.4 Å². The number of aliphatic hydroxyl groups is 1. The van der Waals surface area contributed by atoms with Gasteiger partial charge < -0.3 is 15.2 Å². The molecule has 5 nitrogen and oxygen atoms in total. The molecule has 0 aliphatic heterocycles. The highest BCUT2D eigenvalue weighted by Crippen LogP contribution is 2.36. The molecule has 116 valence electrons. The van der Waals surface area contributed by atoms with Gasteiger partial charge >= 0.3 is 12.1 Å². The fraction of sp³-hybridized carbons (Fsp3) is 0.385. The minimum Gasteiger partial charge on any atom is -0.467 e. The fourth-order valence-corrected chi connectivity index (χ4v) is 1.86. The minimum atomic E-state index is -5.16. The van der Waals surface area contributed by atoms with Gasteiger partial charge in [-0.2, -0.15) is 13.2 Å². The van der Waals surface area contributed by atoms with Crippen molar-refractivity contribution in [1.29, 1.82) is 0 Å². The zero-order chi connectivity index (χ0) is 16.1. The second-order valence-electron chi connectivity index (χ2n) is 4.33. The first-order valence-electron chi connectivity index (χ1n) is 5.87. The molecule has 0 aromatic heterocycles. The predicted molar refractivity (Wildman–Crippen MR) is 66.2 cm³/mol. The largest absolute Gasteiger partial charge is 0.467 e. The molecule has 0 unspecified atom stereocenters. The summed E-state index contributed by atoms with van der Waals surface area (Å²) in [6, 6.07) is 5.05. The van der Waals surface area contributed by atoms with E-state index in [4.69, 9.17) is 0 Å². The Morgan fingerprint density at radius 2 is 1.95 bits per heavy atom. The number of alkyl halides is 3. The lowest BCUT2D eigenvalue weighted by atomic mass is 9.86. The Bertz CT molecular complexity index is 492. The first-order valence-corrected chi connectivity index (χ1v) is 5.87. The molecule has 0 fully saturated rings. The lowest BCUT2D eigenvalue weighted by molar-refractivity contribution is -0.269. The highest BCUT2D eigenvalue weighted by Gasteiger charge is 2.61. The van der Waals surface area contributed by atoms with Gasteiger partial charge in [0.25, 0.3) is 0 Å². The van der Waals surface area contributed by atoms with Crippen molar-refractivity contribution in [2.45, 2.75) is 24.2 Å². The van der Waals surface area contributed by atoms with Gasteiger partial charge in [-0.3, -0.25) is 4.79 Å². The van der Waals surface area contributed by atoms with Gasteiger partial charge in [-0.25, -0.2) is 4.79 Å². The van der Waals surface area contributed by atoms with Crippen LogP contribution in [0.3, 0.4) is 0 Å². The number of amides is 1. The Balaban J connectivity index is 3.24. The van der Waals surface area contributed by atoms with Gasteiger partial charge in [-0.15, -0.1) is 0 Å². The standard InChI is InChI=1S/C13H14F3NO4/c1-21-11(19)10(17-8-18)12(20,13(14,15)16)7-9-5-3-2-4-6-9/h2-6,8,10,20H,7H2,1H3,(H,17,18)/t10-,12-/m1/s1. The van der Waals surface area contributed by atoms with E-state index in [-0.39, 0.29) is 12.0 Å². The molecule has 0 radical (unpaired) electrons. The van der Waals surface area contributed by atoms with Gasteiger partial charge in [0.15, 0.2) is 11.6 Å². The van der Waals surface area contributed by atoms with Crippen molar-refractivity contribution < 1.29 is 32.6 Å². The molecule has 8 heteroatoms. The average Bonchev–Trinajstić information content (AvgIpc) is 2.43. The topological polar surface area (TPSA) is 75.6 Å². The van der Waals surface area contributed by atoms with Crippen LogP contribution in [0.5, 0.6) is 0 Å². The predicted octanol–water partition coefficient (Wildman–Crippen LogP) is 0.810. The number of carbonyl (C=O) groups is 2. The Labute approximate surface area is 118 Å². The van der Waals surface area contributed by atoms with E-state index in [0.717, 1.165) is 7.11 Å². The number of halogens is 3. The number of nitrogens with one attached hydrogen (secondary N) is 1. The van der Waals surface area contributed by atoms with Gasteiger partial charge in [0, 0.05) is 6.42 Å². The molecule has 0 bridgehead atoms. The minimum absolute atomic E-state index is 0.0940. The molecule has 1 amide bonds. The van der Waals surface area contributed by atoms with Crippen LogP contribution in [0.25, 0.3) is 0 Å². The summed E-state index contributed by atoms with van der Waals surface area (Å²) in [5.41, 5.74) is -3.33. The number of carbonyl (C=O) groups excluding carboxylic acids is 2. The Morgan fingerprint density at radius 3 is 2.38 bits per heavy atom. The Kier molecular flexibility index (Phi) is 5.31. The van der Waals surface area contributed by atoms with Crippen molar-refractivity contribution in [3.63, 3.8) is 0 Å². The van der Waals surface area contributed by atoms with Crippen LogP contribution >= 0.6 is 0 Å². The van der Waals surface area contributed by atoms with Crippen molar-refractivity contribution >= 4 is 12.4 Å². The molecule has 0 spiro atoms. The molecule has 1 aromatic rings. The van der Waals surface area contributed by atoms with Crippen LogP contribution in [0.2, 0.25) is 0 Å². The smallest absolute Gasteiger partial charge is 0.420 e. The lowest BCUT2D eigenvalue weighted by Gasteiger charge is -2.35. The zero-order valence-corrected chi connectivity index (χ0v) is 11.1. The second kappa shape index (κ2) is 6.57. The Morgan fingerprint density at radius 1 is 1.38 bits per heavy atom. The fourth-order valence-electron chi connectivity index (χ4n) is 1.86. The number of ether oxygens (including phenoxy) is 1. The summed E-state index contributed by atoms with van der Waals surface area (Å²) in [4.78, 5) is 21.9. The maximum absolute atomic E-state index is 13.2. The molecule has 2 atom stereocenters. The van der Waals surface area contributed by atoms with Crippen molar-refractivity contribution in [3.05, 3.63) is 35.9 Å². The molecule has 0 heterocycles. The Hall–Kier alpha value is -2.09. The average molecular weight is 305 g/mol. The van der Waals surface area contributed by atoms with Crippen molar-refractivity contribution in [3.8, 4) is 0 Å². The maximum atomic E-state index is 13.2. The third-order valence-corrected chi connectivity index (χ3v) is 2.96. The summed E-state index contributed by atoms with van der Waals surface area (Å²) >= 11 is 0. The van der Waals surface area contributed by atoms with Crippen LogP contribution in [0.4, 0.5) is 13.2 Å². The van der Waals surface area contributed by atoms with E-state index >= 15 is 0 Å². The molecule has 1 aromatic carbocycles. The van der Waals surface area contributed by atoms with E-state index in [1.54, 1.807) is 11.4 Å². The van der Waals surface area contributed by atoms with Gasteiger partial charge in [-0.05, 0) is 5.56 Å². The summed E-state index contributed by atoms with van der Waals surface area (Å²) in [5.74, 6) is -1.39. The number of hydrogen-bond donors (Lipinski definition) is 2. The monoisotopic (exact) mass is 305 g/mol. The lowest BCUT2D eigenvalue weighted by Crippen LogP contribution is -2.64. The quantitative estimate of drug-likeness (QED) is 0.602. The van der Waals surface area contributed by atoms with E-state index in [1.807, 2.05) is 0 Å². The van der Waals surface area contributed by atoms with Gasteiger partial charge in [0.05, 0.1) is 7.11 Å². The molecule has 21 heavy (non-hydrogen) atoms. The number of hydrogen-bond acceptors (Lipinski definition) is 4. The summed E-state index contributed by atoms with van der Waals surface area (Å²) in [7, 11) is 0.862. The number of methoxy groups -OCH3 is 1. The van der Waals surface area contributed by atoms with Crippen molar-refractivity contribution in [1.82, 2.24) is 5.32 Å². The molecular formula is C13H14F3NO4. The summed E-state index contributed by atoms with van der Waals surface area (Å²) in [6.45, 7) is 0. The van der Waals surface area contributed by atoms with Crippen LogP contribution in [0.1, 0.15) is 5.56 Å². The van der Waals surface area contributed by atoms with E-state index < -0.39 is 30.2 Å². The molecule has 1 rings (SSSR count). The van der Waals surface area contributed by atoms with E-state index in [9.17, 15) is 27.9 Å². The highest BCUT2D eigenvalue weighted by atomic mass is 19.4. The molecule has 0 aliphatic carbocycles. The highest BCUT2D eigenvalue weighted by molar-refractivity contribution is 5.80. The zero-order valence-electron chi connectivity index (χ0n) is 11.1. The van der Waals surface area contributed by atoms with E-state index in [0.29, 0.717) is 0 Å². The van der Waals surface area contributed by atoms with Crippen molar-refractivity contribution in [2.24, 2.45) is 0 Å². The van der Waals surface area contributed by atoms with Crippen LogP contribution in [-0.2, 0) is 20.7 Å². The first-order chi connectivity index (χ1) is 9.76. The molecule has 0 saturated carbocycles. The summed E-state index contributed by atoms with van der Waals surface area (Å²) < 4.78 is 44.0. The molecule has 0 aliphatic rings. The third-order valence-electron chi connectivity index (χ3n) is 2.96. The van der Waals surface area contributed by atoms with Crippen LogP contribution < -0.4 is 5.32 Å². The normalized spacial score (nSPS) is 15.7. The summed E-state index contributed by atoms with van der Waals surface area (Å²) in [6.07, 6.45) is -6.15. The maximum Gasteiger partial charge on any atom is 0.420 e. The number of esters is 1. The third kappa shape index (κ3) is 3.72. The van der Waals surface area contributed by atoms with Crippen LogP contribution in [0.15, 0.2) is 30.3 Å². The van der Waals surface area contributed by atoms with Gasteiger partial charge in [0.2, 0.25) is 6.41 Å². The van der Waals surface area contributed by atoms with E-state index in [1.165, 1.54) is 24.3 Å². The molecule has 0 saturated heterocycles. The van der Waals surface area contributed by atoms with Crippen LogP contribution in [0, 0.1) is 0 Å².